The molecule has 2 heteroatoms. The van der Waals surface area contributed by atoms with Gasteiger partial charge in [0.2, 0.25) is 0 Å². The quantitative estimate of drug-likeness (QED) is 0.642. The summed E-state index contributed by atoms with van der Waals surface area (Å²) in [6, 6.07) is 7.98. The van der Waals surface area contributed by atoms with Gasteiger partial charge in [-0.05, 0) is 24.6 Å². The third kappa shape index (κ3) is 2.01. The fourth-order valence-electron chi connectivity index (χ4n) is 1.51. The van der Waals surface area contributed by atoms with Crippen LogP contribution in [0.1, 0.15) is 5.56 Å². The Labute approximate surface area is 79.1 Å². The zero-order chi connectivity index (χ0) is 9.10. The molecule has 1 heterocycles. The van der Waals surface area contributed by atoms with E-state index in [4.69, 9.17) is 11.7 Å². The van der Waals surface area contributed by atoms with Crippen LogP contribution < -0.4 is 4.90 Å². The molecule has 0 bridgehead atoms. The zero-order valence-electron chi connectivity index (χ0n) is 7.57. The van der Waals surface area contributed by atoms with Gasteiger partial charge in [-0.25, -0.2) is 0 Å². The van der Waals surface area contributed by atoms with Crippen molar-refractivity contribution in [2.75, 3.05) is 31.2 Å². The highest BCUT2D eigenvalue weighted by atomic mass is 16.5. The van der Waals surface area contributed by atoms with Gasteiger partial charge in [0.15, 0.2) is 0 Å². The van der Waals surface area contributed by atoms with E-state index in [0.29, 0.717) is 0 Å². The van der Waals surface area contributed by atoms with Crippen LogP contribution >= 0.6 is 0 Å². The fraction of sp³-hybridized carbons (Fsp3) is 0.364. The molecular formula is C11H13NO. The van der Waals surface area contributed by atoms with Gasteiger partial charge in [0, 0.05) is 18.8 Å². The summed E-state index contributed by atoms with van der Waals surface area (Å²) in [7, 11) is 0. The summed E-state index contributed by atoms with van der Waals surface area (Å²) >= 11 is 0. The molecule has 13 heavy (non-hydrogen) atoms. The van der Waals surface area contributed by atoms with Crippen LogP contribution in [0.5, 0.6) is 0 Å². The summed E-state index contributed by atoms with van der Waals surface area (Å²) in [5.74, 6) is 0. The van der Waals surface area contributed by atoms with Crippen molar-refractivity contribution in [1.29, 1.82) is 0 Å². The molecule has 2 rings (SSSR count). The SMILES string of the molecule is [CH]c1ccc(N2CCOCC2)cc1. The topological polar surface area (TPSA) is 12.5 Å². The minimum atomic E-state index is 0.817. The van der Waals surface area contributed by atoms with Crippen molar-refractivity contribution in [3.63, 3.8) is 0 Å². The van der Waals surface area contributed by atoms with E-state index in [9.17, 15) is 0 Å². The average Bonchev–Trinajstić information content (AvgIpc) is 2.20. The monoisotopic (exact) mass is 175 g/mol. The molecule has 1 aliphatic rings. The Balaban J connectivity index is 2.10. The lowest BCUT2D eigenvalue weighted by atomic mass is 10.2. The molecule has 2 nitrogen and oxygen atoms in total. The molecule has 0 saturated carbocycles. The smallest absolute Gasteiger partial charge is 0.0642 e. The average molecular weight is 175 g/mol. The lowest BCUT2D eigenvalue weighted by Crippen LogP contribution is -2.36. The van der Waals surface area contributed by atoms with E-state index in [1.165, 1.54) is 5.69 Å². The molecule has 0 unspecified atom stereocenters. The van der Waals surface area contributed by atoms with E-state index >= 15 is 0 Å². The molecule has 1 aromatic rings. The van der Waals surface area contributed by atoms with E-state index in [1.54, 1.807) is 0 Å². The molecule has 2 radical (unpaired) electrons. The van der Waals surface area contributed by atoms with Gasteiger partial charge in [-0.3, -0.25) is 0 Å². The third-order valence-electron chi connectivity index (χ3n) is 2.27. The minimum Gasteiger partial charge on any atom is -0.378 e. The normalized spacial score (nSPS) is 17.5. The van der Waals surface area contributed by atoms with Crippen LogP contribution in [0, 0.1) is 6.92 Å². The summed E-state index contributed by atoms with van der Waals surface area (Å²) in [4.78, 5) is 2.31. The van der Waals surface area contributed by atoms with Crippen LogP contribution in [0.2, 0.25) is 0 Å². The fourth-order valence-corrected chi connectivity index (χ4v) is 1.51. The van der Waals surface area contributed by atoms with Crippen molar-refractivity contribution in [3.05, 3.63) is 36.8 Å². The summed E-state index contributed by atoms with van der Waals surface area (Å²) in [6.07, 6.45) is 0. The summed E-state index contributed by atoms with van der Waals surface area (Å²) in [5, 5.41) is 0. The number of anilines is 1. The van der Waals surface area contributed by atoms with Crippen molar-refractivity contribution in [1.82, 2.24) is 0 Å². The van der Waals surface area contributed by atoms with Crippen molar-refractivity contribution < 1.29 is 4.74 Å². The van der Waals surface area contributed by atoms with Gasteiger partial charge in [0.05, 0.1) is 13.2 Å². The predicted molar refractivity (Wildman–Crippen MR) is 52.9 cm³/mol. The van der Waals surface area contributed by atoms with Crippen LogP contribution in [0.3, 0.4) is 0 Å². The van der Waals surface area contributed by atoms with Gasteiger partial charge < -0.3 is 9.64 Å². The zero-order valence-corrected chi connectivity index (χ0v) is 7.57. The van der Waals surface area contributed by atoms with Crippen LogP contribution in [-0.2, 0) is 4.74 Å². The van der Waals surface area contributed by atoms with Gasteiger partial charge >= 0.3 is 0 Å². The summed E-state index contributed by atoms with van der Waals surface area (Å²) in [6.45, 7) is 9.21. The first kappa shape index (κ1) is 8.57. The van der Waals surface area contributed by atoms with E-state index < -0.39 is 0 Å². The Kier molecular flexibility index (Phi) is 2.50. The van der Waals surface area contributed by atoms with Crippen LogP contribution in [0.25, 0.3) is 0 Å². The lowest BCUT2D eigenvalue weighted by Gasteiger charge is -2.28. The Morgan fingerprint density at radius 3 is 2.31 bits per heavy atom. The molecule has 68 valence electrons. The molecule has 1 saturated heterocycles. The lowest BCUT2D eigenvalue weighted by molar-refractivity contribution is 0.122. The maximum Gasteiger partial charge on any atom is 0.0642 e. The maximum atomic E-state index is 5.61. The molecule has 0 spiro atoms. The van der Waals surface area contributed by atoms with Crippen molar-refractivity contribution in [2.24, 2.45) is 0 Å². The Morgan fingerprint density at radius 2 is 1.69 bits per heavy atom. The van der Waals surface area contributed by atoms with Gasteiger partial charge in [-0.15, -0.1) is 0 Å². The molecule has 0 aliphatic carbocycles. The largest absolute Gasteiger partial charge is 0.378 e. The molecule has 0 amide bonds. The maximum absolute atomic E-state index is 5.61. The number of hydrogen-bond donors (Lipinski definition) is 0. The number of morpholine rings is 1. The second kappa shape index (κ2) is 3.79. The number of ether oxygens (including phenoxy) is 1. The summed E-state index contributed by atoms with van der Waals surface area (Å²) < 4.78 is 5.28. The Hall–Kier alpha value is -1.02. The predicted octanol–water partition coefficient (Wildman–Crippen LogP) is 1.58. The van der Waals surface area contributed by atoms with Crippen molar-refractivity contribution in [3.8, 4) is 0 Å². The van der Waals surface area contributed by atoms with Gasteiger partial charge in [0.1, 0.15) is 0 Å². The number of benzene rings is 1. The van der Waals surface area contributed by atoms with Crippen molar-refractivity contribution >= 4 is 5.69 Å². The highest BCUT2D eigenvalue weighted by Gasteiger charge is 2.09. The Morgan fingerprint density at radius 1 is 1.08 bits per heavy atom. The van der Waals surface area contributed by atoms with E-state index in [1.807, 2.05) is 12.1 Å². The second-order valence-corrected chi connectivity index (χ2v) is 3.19. The molecule has 1 aromatic carbocycles. The minimum absolute atomic E-state index is 0.817. The van der Waals surface area contributed by atoms with Crippen molar-refractivity contribution in [2.45, 2.75) is 0 Å². The van der Waals surface area contributed by atoms with Crippen LogP contribution in [-0.4, -0.2) is 26.3 Å². The van der Waals surface area contributed by atoms with E-state index in [0.717, 1.165) is 31.9 Å². The molecular weight excluding hydrogens is 162 g/mol. The second-order valence-electron chi connectivity index (χ2n) is 3.19. The molecule has 1 fully saturated rings. The van der Waals surface area contributed by atoms with E-state index in [-0.39, 0.29) is 0 Å². The number of nitrogens with zero attached hydrogens (tertiary/aromatic N) is 1. The first-order chi connectivity index (χ1) is 6.36. The van der Waals surface area contributed by atoms with Gasteiger partial charge in [0.25, 0.3) is 0 Å². The molecule has 0 aromatic heterocycles. The highest BCUT2D eigenvalue weighted by molar-refractivity contribution is 5.48. The Bertz CT molecular complexity index is 262. The van der Waals surface area contributed by atoms with Crippen LogP contribution in [0.15, 0.2) is 24.3 Å². The van der Waals surface area contributed by atoms with Crippen LogP contribution in [0.4, 0.5) is 5.69 Å². The standard InChI is InChI=1S/C11H13NO/c1-10-2-4-11(5-3-10)12-6-8-13-9-7-12/h1-5H,6-9H2. The van der Waals surface area contributed by atoms with Gasteiger partial charge in [-0.1, -0.05) is 12.1 Å². The molecule has 0 atom stereocenters. The summed E-state index contributed by atoms with van der Waals surface area (Å²) in [5.41, 5.74) is 2.05. The van der Waals surface area contributed by atoms with Gasteiger partial charge in [-0.2, -0.15) is 0 Å². The van der Waals surface area contributed by atoms with E-state index in [2.05, 4.69) is 17.0 Å². The third-order valence-corrected chi connectivity index (χ3v) is 2.27. The first-order valence-corrected chi connectivity index (χ1v) is 4.54. The molecule has 1 aliphatic heterocycles. The first-order valence-electron chi connectivity index (χ1n) is 4.54. The highest BCUT2D eigenvalue weighted by Crippen LogP contribution is 2.15. The number of rotatable bonds is 1. The molecule has 0 N–H and O–H groups in total. The number of hydrogen-bond acceptors (Lipinski definition) is 2.